The molecule has 0 saturated heterocycles. The van der Waals surface area contributed by atoms with Crippen LogP contribution in [0.15, 0.2) is 84.8 Å². The Balaban J connectivity index is 1.81. The third-order valence-corrected chi connectivity index (χ3v) is 5.73. The van der Waals surface area contributed by atoms with Crippen LogP contribution in [0, 0.1) is 0 Å². The Bertz CT molecular complexity index is 985. The highest BCUT2D eigenvalue weighted by molar-refractivity contribution is 7.10. The van der Waals surface area contributed by atoms with Gasteiger partial charge in [-0.2, -0.15) is 0 Å². The predicted octanol–water partition coefficient (Wildman–Crippen LogP) is 4.37. The SMILES string of the molecule is C=CCN(C(=O)Cc1cccs1)[C@H](C(=O)NCc1ccc(OC)cc1)c1ccccc1. The molecule has 160 valence electrons. The number of hydrogen-bond donors (Lipinski definition) is 1. The van der Waals surface area contributed by atoms with Gasteiger partial charge in [0.2, 0.25) is 11.8 Å². The summed E-state index contributed by atoms with van der Waals surface area (Å²) >= 11 is 1.53. The lowest BCUT2D eigenvalue weighted by atomic mass is 10.0. The van der Waals surface area contributed by atoms with Gasteiger partial charge in [0.15, 0.2) is 0 Å². The molecule has 0 spiro atoms. The fraction of sp³-hybridized carbons (Fsp3) is 0.200. The van der Waals surface area contributed by atoms with Crippen molar-refractivity contribution in [1.82, 2.24) is 10.2 Å². The molecule has 5 nitrogen and oxygen atoms in total. The number of carbonyl (C=O) groups excluding carboxylic acids is 2. The van der Waals surface area contributed by atoms with Crippen molar-refractivity contribution in [2.45, 2.75) is 19.0 Å². The molecule has 0 aliphatic rings. The summed E-state index contributed by atoms with van der Waals surface area (Å²) in [5, 5.41) is 4.92. The number of benzene rings is 2. The molecule has 1 aromatic heterocycles. The second-order valence-electron chi connectivity index (χ2n) is 6.97. The van der Waals surface area contributed by atoms with Crippen LogP contribution in [0.25, 0.3) is 0 Å². The van der Waals surface area contributed by atoms with Gasteiger partial charge in [0, 0.05) is 18.0 Å². The minimum Gasteiger partial charge on any atom is -0.497 e. The van der Waals surface area contributed by atoms with Gasteiger partial charge in [0.05, 0.1) is 13.5 Å². The van der Waals surface area contributed by atoms with E-state index in [9.17, 15) is 9.59 Å². The molecule has 0 fully saturated rings. The normalized spacial score (nSPS) is 11.4. The molecule has 1 atom stereocenters. The van der Waals surface area contributed by atoms with Crippen LogP contribution in [-0.2, 0) is 22.6 Å². The highest BCUT2D eigenvalue weighted by atomic mass is 32.1. The van der Waals surface area contributed by atoms with Gasteiger partial charge in [-0.15, -0.1) is 17.9 Å². The number of amides is 2. The molecular formula is C25H26N2O3S. The van der Waals surface area contributed by atoms with Crippen LogP contribution in [0.2, 0.25) is 0 Å². The third-order valence-electron chi connectivity index (χ3n) is 4.85. The average Bonchev–Trinajstić information content (AvgIpc) is 3.31. The van der Waals surface area contributed by atoms with Crippen molar-refractivity contribution in [3.63, 3.8) is 0 Å². The number of methoxy groups -OCH3 is 1. The van der Waals surface area contributed by atoms with E-state index in [4.69, 9.17) is 4.74 Å². The number of hydrogen-bond acceptors (Lipinski definition) is 4. The minimum absolute atomic E-state index is 0.115. The van der Waals surface area contributed by atoms with Crippen molar-refractivity contribution in [3.8, 4) is 5.75 Å². The standard InChI is InChI=1S/C25H26N2O3S/c1-3-15-27(23(28)17-22-10-7-16-31-22)24(20-8-5-4-6-9-20)25(29)26-18-19-11-13-21(30-2)14-12-19/h3-14,16,24H,1,15,17-18H2,2H3,(H,26,29)/t24-/m0/s1. The summed E-state index contributed by atoms with van der Waals surface area (Å²) in [6.45, 7) is 4.42. The van der Waals surface area contributed by atoms with E-state index in [1.165, 1.54) is 11.3 Å². The van der Waals surface area contributed by atoms with E-state index >= 15 is 0 Å². The fourth-order valence-electron chi connectivity index (χ4n) is 3.29. The number of nitrogens with one attached hydrogen (secondary N) is 1. The summed E-state index contributed by atoms with van der Waals surface area (Å²) in [7, 11) is 1.61. The number of ether oxygens (including phenoxy) is 1. The molecule has 6 heteroatoms. The van der Waals surface area contributed by atoms with Crippen LogP contribution in [0.3, 0.4) is 0 Å². The Morgan fingerprint density at radius 1 is 1.10 bits per heavy atom. The van der Waals surface area contributed by atoms with Gasteiger partial charge in [-0.3, -0.25) is 9.59 Å². The molecule has 0 aliphatic carbocycles. The molecule has 3 aromatic rings. The summed E-state index contributed by atoms with van der Waals surface area (Å²) in [5.74, 6) is 0.410. The van der Waals surface area contributed by atoms with Crippen molar-refractivity contribution >= 4 is 23.2 Å². The van der Waals surface area contributed by atoms with Crippen molar-refractivity contribution in [3.05, 3.63) is 101 Å². The van der Waals surface area contributed by atoms with E-state index in [1.54, 1.807) is 18.1 Å². The van der Waals surface area contributed by atoms with Crippen LogP contribution in [0.1, 0.15) is 22.0 Å². The topological polar surface area (TPSA) is 58.6 Å². The molecule has 3 rings (SSSR count). The van der Waals surface area contributed by atoms with Crippen LogP contribution < -0.4 is 10.1 Å². The van der Waals surface area contributed by atoms with E-state index < -0.39 is 6.04 Å². The Morgan fingerprint density at radius 3 is 2.45 bits per heavy atom. The van der Waals surface area contributed by atoms with Crippen LogP contribution in [-0.4, -0.2) is 30.4 Å². The number of carbonyl (C=O) groups is 2. The monoisotopic (exact) mass is 434 g/mol. The van der Waals surface area contributed by atoms with Gasteiger partial charge in [0.25, 0.3) is 0 Å². The van der Waals surface area contributed by atoms with Gasteiger partial charge in [-0.25, -0.2) is 0 Å². The average molecular weight is 435 g/mol. The molecule has 0 aliphatic heterocycles. The first kappa shape index (κ1) is 22.3. The Morgan fingerprint density at radius 2 is 1.84 bits per heavy atom. The van der Waals surface area contributed by atoms with Crippen LogP contribution in [0.4, 0.5) is 0 Å². The molecule has 0 saturated carbocycles. The number of rotatable bonds is 10. The lowest BCUT2D eigenvalue weighted by Gasteiger charge is -2.30. The van der Waals surface area contributed by atoms with Gasteiger partial charge >= 0.3 is 0 Å². The summed E-state index contributed by atoms with van der Waals surface area (Å²) in [4.78, 5) is 29.0. The van der Waals surface area contributed by atoms with E-state index in [2.05, 4.69) is 11.9 Å². The highest BCUT2D eigenvalue weighted by Gasteiger charge is 2.30. The molecule has 0 bridgehead atoms. The molecule has 2 aromatic carbocycles. The van der Waals surface area contributed by atoms with Gasteiger partial charge < -0.3 is 15.0 Å². The van der Waals surface area contributed by atoms with Gasteiger partial charge in [0.1, 0.15) is 11.8 Å². The van der Waals surface area contributed by atoms with Gasteiger partial charge in [-0.1, -0.05) is 54.6 Å². The summed E-state index contributed by atoms with van der Waals surface area (Å²) in [5.41, 5.74) is 1.71. The first-order chi connectivity index (χ1) is 15.1. The Hall–Kier alpha value is -3.38. The minimum atomic E-state index is -0.745. The first-order valence-electron chi connectivity index (χ1n) is 10.0. The maximum Gasteiger partial charge on any atom is 0.247 e. The quantitative estimate of drug-likeness (QED) is 0.482. The molecule has 1 heterocycles. The zero-order valence-electron chi connectivity index (χ0n) is 17.5. The fourth-order valence-corrected chi connectivity index (χ4v) is 3.99. The van der Waals surface area contributed by atoms with Crippen molar-refractivity contribution in [2.24, 2.45) is 0 Å². The summed E-state index contributed by atoms with van der Waals surface area (Å²) < 4.78 is 5.18. The molecule has 0 unspecified atom stereocenters. The molecule has 0 radical (unpaired) electrons. The van der Waals surface area contributed by atoms with Crippen molar-refractivity contribution < 1.29 is 14.3 Å². The van der Waals surface area contributed by atoms with E-state index in [1.807, 2.05) is 72.1 Å². The molecule has 2 amide bonds. The molecule has 1 N–H and O–H groups in total. The van der Waals surface area contributed by atoms with Crippen molar-refractivity contribution in [2.75, 3.05) is 13.7 Å². The predicted molar refractivity (Wildman–Crippen MR) is 124 cm³/mol. The zero-order chi connectivity index (χ0) is 22.1. The second kappa shape index (κ2) is 11.1. The third kappa shape index (κ3) is 6.06. The molecule has 31 heavy (non-hydrogen) atoms. The second-order valence-corrected chi connectivity index (χ2v) is 8.00. The van der Waals surface area contributed by atoms with E-state index in [0.717, 1.165) is 21.8 Å². The van der Waals surface area contributed by atoms with Crippen LogP contribution in [0.5, 0.6) is 5.75 Å². The van der Waals surface area contributed by atoms with Gasteiger partial charge in [-0.05, 0) is 34.7 Å². The largest absolute Gasteiger partial charge is 0.497 e. The highest BCUT2D eigenvalue weighted by Crippen LogP contribution is 2.23. The summed E-state index contributed by atoms with van der Waals surface area (Å²) in [6, 6.07) is 20.0. The smallest absolute Gasteiger partial charge is 0.247 e. The van der Waals surface area contributed by atoms with Crippen molar-refractivity contribution in [1.29, 1.82) is 0 Å². The Labute approximate surface area is 187 Å². The first-order valence-corrected chi connectivity index (χ1v) is 10.9. The number of nitrogens with zero attached hydrogens (tertiary/aromatic N) is 1. The van der Waals surface area contributed by atoms with E-state index in [0.29, 0.717) is 6.54 Å². The zero-order valence-corrected chi connectivity index (χ0v) is 18.3. The number of thiophene rings is 1. The van der Waals surface area contributed by atoms with Crippen LogP contribution >= 0.6 is 11.3 Å². The maximum absolute atomic E-state index is 13.3. The summed E-state index contributed by atoms with van der Waals surface area (Å²) in [6.07, 6.45) is 1.90. The van der Waals surface area contributed by atoms with E-state index in [-0.39, 0.29) is 24.8 Å². The molecular weight excluding hydrogens is 408 g/mol. The lowest BCUT2D eigenvalue weighted by Crippen LogP contribution is -2.44. The Kier molecular flexibility index (Phi) is 8.01. The maximum atomic E-state index is 13.3. The lowest BCUT2D eigenvalue weighted by molar-refractivity contribution is -0.139.